The molecule has 4 rings (SSSR count). The van der Waals surface area contributed by atoms with Gasteiger partial charge in [-0.25, -0.2) is 14.6 Å². The van der Waals surface area contributed by atoms with E-state index in [2.05, 4.69) is 42.3 Å². The zero-order valence-corrected chi connectivity index (χ0v) is 19.2. The summed E-state index contributed by atoms with van der Waals surface area (Å²) >= 11 is 0. The Kier molecular flexibility index (Phi) is 6.16. The Morgan fingerprint density at radius 2 is 1.75 bits per heavy atom. The van der Waals surface area contributed by atoms with Crippen molar-refractivity contribution in [2.24, 2.45) is 5.41 Å². The van der Waals surface area contributed by atoms with Gasteiger partial charge in [0.25, 0.3) is 0 Å². The lowest BCUT2D eigenvalue weighted by molar-refractivity contribution is -0.128. The molecule has 0 spiro atoms. The summed E-state index contributed by atoms with van der Waals surface area (Å²) in [5.41, 5.74) is 1.58. The van der Waals surface area contributed by atoms with Crippen molar-refractivity contribution in [1.82, 2.24) is 25.1 Å². The summed E-state index contributed by atoms with van der Waals surface area (Å²) < 4.78 is 7.09. The molecule has 3 aromatic rings. The van der Waals surface area contributed by atoms with Gasteiger partial charge >= 0.3 is 0 Å². The Hall–Kier alpha value is -3.36. The largest absolute Gasteiger partial charge is 0.497 e. The summed E-state index contributed by atoms with van der Waals surface area (Å²) in [6.07, 6.45) is 3.42. The van der Waals surface area contributed by atoms with Crippen LogP contribution in [-0.4, -0.2) is 65.5 Å². The van der Waals surface area contributed by atoms with Crippen molar-refractivity contribution in [3.05, 3.63) is 36.8 Å². The summed E-state index contributed by atoms with van der Waals surface area (Å²) in [6.45, 7) is 10.3. The molecule has 1 aliphatic heterocycles. The highest BCUT2D eigenvalue weighted by atomic mass is 16.5. The van der Waals surface area contributed by atoms with E-state index in [0.717, 1.165) is 48.8 Å². The lowest BCUT2D eigenvalue weighted by atomic mass is 9.96. The van der Waals surface area contributed by atoms with Crippen LogP contribution >= 0.6 is 0 Å². The number of methoxy groups -OCH3 is 1. The average Bonchev–Trinajstić information content (AvgIpc) is 3.22. The van der Waals surface area contributed by atoms with Crippen molar-refractivity contribution in [3.63, 3.8) is 0 Å². The standard InChI is InChI=1S/C23H31N7O2/c1-23(2,3)22(31)24-9-10-30-21-19(15-27-30)20(25-16-26-21)29-13-11-28(12-14-29)17-5-7-18(32-4)8-6-17/h5-8,15-16H,9-14H2,1-4H3,(H,24,31). The Morgan fingerprint density at radius 3 is 2.41 bits per heavy atom. The molecule has 1 N–H and O–H groups in total. The molecule has 1 saturated heterocycles. The molecule has 0 radical (unpaired) electrons. The van der Waals surface area contributed by atoms with Crippen LogP contribution < -0.4 is 19.9 Å². The molecule has 9 nitrogen and oxygen atoms in total. The fourth-order valence-electron chi connectivity index (χ4n) is 3.81. The summed E-state index contributed by atoms with van der Waals surface area (Å²) in [5, 5.41) is 8.40. The lowest BCUT2D eigenvalue weighted by Gasteiger charge is -2.36. The van der Waals surface area contributed by atoms with Crippen LogP contribution in [0.3, 0.4) is 0 Å². The van der Waals surface area contributed by atoms with Crippen molar-refractivity contribution in [2.75, 3.05) is 49.6 Å². The number of nitrogens with zero attached hydrogens (tertiary/aromatic N) is 6. The van der Waals surface area contributed by atoms with E-state index in [0.29, 0.717) is 13.1 Å². The second kappa shape index (κ2) is 9.02. The predicted octanol–water partition coefficient (Wildman–Crippen LogP) is 2.32. The van der Waals surface area contributed by atoms with Crippen LogP contribution in [0.5, 0.6) is 5.75 Å². The van der Waals surface area contributed by atoms with Crippen LogP contribution in [0.25, 0.3) is 11.0 Å². The van der Waals surface area contributed by atoms with Crippen LogP contribution in [0, 0.1) is 5.41 Å². The van der Waals surface area contributed by atoms with Crippen molar-refractivity contribution in [3.8, 4) is 5.75 Å². The third kappa shape index (κ3) is 4.61. The first-order valence-corrected chi connectivity index (χ1v) is 11.0. The van der Waals surface area contributed by atoms with E-state index < -0.39 is 5.41 Å². The number of aromatic nitrogens is 4. The molecular formula is C23H31N7O2. The van der Waals surface area contributed by atoms with Crippen LogP contribution in [0.4, 0.5) is 11.5 Å². The number of amides is 1. The van der Waals surface area contributed by atoms with Gasteiger partial charge in [0.2, 0.25) is 5.91 Å². The van der Waals surface area contributed by atoms with Crippen molar-refractivity contribution in [1.29, 1.82) is 0 Å². The quantitative estimate of drug-likeness (QED) is 0.633. The van der Waals surface area contributed by atoms with E-state index in [1.165, 1.54) is 5.69 Å². The first-order chi connectivity index (χ1) is 15.4. The van der Waals surface area contributed by atoms with E-state index >= 15 is 0 Å². The minimum Gasteiger partial charge on any atom is -0.497 e. The van der Waals surface area contributed by atoms with Crippen LogP contribution in [0.2, 0.25) is 0 Å². The number of piperazine rings is 1. The number of ether oxygens (including phenoxy) is 1. The number of benzene rings is 1. The van der Waals surface area contributed by atoms with Gasteiger partial charge in [-0.1, -0.05) is 20.8 Å². The molecule has 170 valence electrons. The molecule has 32 heavy (non-hydrogen) atoms. The first kappa shape index (κ1) is 21.9. The van der Waals surface area contributed by atoms with Crippen molar-refractivity contribution >= 4 is 28.4 Å². The number of nitrogens with one attached hydrogen (secondary N) is 1. The van der Waals surface area contributed by atoms with Gasteiger partial charge in [0, 0.05) is 43.8 Å². The highest BCUT2D eigenvalue weighted by Gasteiger charge is 2.22. The summed E-state index contributed by atoms with van der Waals surface area (Å²) in [5.74, 6) is 1.80. The smallest absolute Gasteiger partial charge is 0.225 e. The van der Waals surface area contributed by atoms with Gasteiger partial charge in [0.05, 0.1) is 25.2 Å². The zero-order chi connectivity index (χ0) is 22.7. The fraction of sp³-hybridized carbons (Fsp3) is 0.478. The highest BCUT2D eigenvalue weighted by molar-refractivity contribution is 5.87. The Balaban J connectivity index is 1.41. The van der Waals surface area contributed by atoms with E-state index in [9.17, 15) is 4.79 Å². The SMILES string of the molecule is COc1ccc(N2CCN(c3ncnc4c3cnn4CCNC(=O)C(C)(C)C)CC2)cc1. The molecule has 0 aliphatic carbocycles. The maximum absolute atomic E-state index is 12.1. The van der Waals surface area contributed by atoms with Crippen molar-refractivity contribution < 1.29 is 9.53 Å². The van der Waals surface area contributed by atoms with E-state index in [1.807, 2.05) is 43.8 Å². The summed E-state index contributed by atoms with van der Waals surface area (Å²) in [6, 6.07) is 8.18. The molecule has 1 aliphatic rings. The van der Waals surface area contributed by atoms with Gasteiger partial charge in [0.15, 0.2) is 5.65 Å². The Bertz CT molecular complexity index is 1060. The van der Waals surface area contributed by atoms with Gasteiger partial charge in [-0.05, 0) is 24.3 Å². The van der Waals surface area contributed by atoms with Gasteiger partial charge < -0.3 is 19.9 Å². The van der Waals surface area contributed by atoms with Gasteiger partial charge in [-0.2, -0.15) is 5.10 Å². The van der Waals surface area contributed by atoms with Crippen LogP contribution in [-0.2, 0) is 11.3 Å². The molecule has 1 amide bonds. The Labute approximate surface area is 188 Å². The first-order valence-electron chi connectivity index (χ1n) is 11.0. The monoisotopic (exact) mass is 437 g/mol. The second-order valence-corrected chi connectivity index (χ2v) is 8.98. The molecular weight excluding hydrogens is 406 g/mol. The topological polar surface area (TPSA) is 88.4 Å². The highest BCUT2D eigenvalue weighted by Crippen LogP contribution is 2.26. The molecule has 3 heterocycles. The van der Waals surface area contributed by atoms with E-state index in [-0.39, 0.29) is 5.91 Å². The average molecular weight is 438 g/mol. The maximum atomic E-state index is 12.1. The lowest BCUT2D eigenvalue weighted by Crippen LogP contribution is -2.46. The van der Waals surface area contributed by atoms with Gasteiger partial charge in [-0.3, -0.25) is 4.79 Å². The minimum atomic E-state index is -0.407. The third-order valence-electron chi connectivity index (χ3n) is 5.72. The number of rotatable bonds is 6. The molecule has 1 aromatic carbocycles. The van der Waals surface area contributed by atoms with E-state index in [4.69, 9.17) is 4.74 Å². The number of hydrogen-bond donors (Lipinski definition) is 1. The number of carbonyl (C=O) groups is 1. The van der Waals surface area contributed by atoms with Crippen LogP contribution in [0.15, 0.2) is 36.8 Å². The van der Waals surface area contributed by atoms with Gasteiger partial charge in [-0.15, -0.1) is 0 Å². The number of anilines is 2. The second-order valence-electron chi connectivity index (χ2n) is 8.98. The van der Waals surface area contributed by atoms with Gasteiger partial charge in [0.1, 0.15) is 17.9 Å². The summed E-state index contributed by atoms with van der Waals surface area (Å²) in [7, 11) is 1.68. The van der Waals surface area contributed by atoms with Crippen molar-refractivity contribution in [2.45, 2.75) is 27.3 Å². The Morgan fingerprint density at radius 1 is 1.06 bits per heavy atom. The maximum Gasteiger partial charge on any atom is 0.225 e. The molecule has 0 unspecified atom stereocenters. The zero-order valence-electron chi connectivity index (χ0n) is 19.2. The number of carbonyl (C=O) groups excluding carboxylic acids is 1. The molecule has 1 fully saturated rings. The normalized spacial score (nSPS) is 14.6. The fourth-order valence-corrected chi connectivity index (χ4v) is 3.81. The van der Waals surface area contributed by atoms with E-state index in [1.54, 1.807) is 13.4 Å². The molecule has 0 bridgehead atoms. The molecule has 0 saturated carbocycles. The minimum absolute atomic E-state index is 0.0269. The molecule has 2 aromatic heterocycles. The summed E-state index contributed by atoms with van der Waals surface area (Å²) in [4.78, 5) is 25.8. The third-order valence-corrected chi connectivity index (χ3v) is 5.72. The molecule has 9 heteroatoms. The number of fused-ring (bicyclic) bond motifs is 1. The number of hydrogen-bond acceptors (Lipinski definition) is 7. The molecule has 0 atom stereocenters. The predicted molar refractivity (Wildman–Crippen MR) is 125 cm³/mol. The van der Waals surface area contributed by atoms with Crippen LogP contribution in [0.1, 0.15) is 20.8 Å².